The number of nitrogens with two attached hydrogens (primary N) is 1. The zero-order chi connectivity index (χ0) is 13.5. The summed E-state index contributed by atoms with van der Waals surface area (Å²) < 4.78 is 5.34. The molecular formula is C12H20N4O2. The molecule has 0 bridgehead atoms. The summed E-state index contributed by atoms with van der Waals surface area (Å²) in [7, 11) is 1.61. The molecule has 100 valence electrons. The predicted molar refractivity (Wildman–Crippen MR) is 71.8 cm³/mol. The lowest BCUT2D eigenvalue weighted by Crippen LogP contribution is -2.36. The number of nitrogens with zero attached hydrogens (tertiary/aromatic N) is 2. The number of amides is 1. The van der Waals surface area contributed by atoms with Gasteiger partial charge in [-0.1, -0.05) is 0 Å². The number of anilines is 2. The van der Waals surface area contributed by atoms with E-state index >= 15 is 0 Å². The first-order valence-corrected chi connectivity index (χ1v) is 5.97. The van der Waals surface area contributed by atoms with E-state index in [9.17, 15) is 4.79 Å². The van der Waals surface area contributed by atoms with Crippen LogP contribution in [0, 0.1) is 0 Å². The second-order valence-corrected chi connectivity index (χ2v) is 3.68. The number of likely N-dealkylation sites (N-methyl/N-ethyl adjacent to an activating group) is 2. The molecule has 0 unspecified atom stereocenters. The number of hydrogen-bond donors (Lipinski definition) is 2. The molecule has 0 aromatic carbocycles. The van der Waals surface area contributed by atoms with Gasteiger partial charge in [-0.25, -0.2) is 0 Å². The molecule has 0 aliphatic carbocycles. The van der Waals surface area contributed by atoms with Gasteiger partial charge in [0.2, 0.25) is 11.8 Å². The fourth-order valence-corrected chi connectivity index (χ4v) is 1.48. The molecule has 0 radical (unpaired) electrons. The molecule has 6 nitrogen and oxygen atoms in total. The Morgan fingerprint density at radius 3 is 2.78 bits per heavy atom. The Morgan fingerprint density at radius 2 is 2.22 bits per heavy atom. The third-order valence-electron chi connectivity index (χ3n) is 2.48. The Hall–Kier alpha value is -1.98. The van der Waals surface area contributed by atoms with Gasteiger partial charge in [0, 0.05) is 13.6 Å². The summed E-state index contributed by atoms with van der Waals surface area (Å²) in [6.07, 6.45) is 0. The largest absolute Gasteiger partial charge is 0.476 e. The Labute approximate surface area is 107 Å². The van der Waals surface area contributed by atoms with Gasteiger partial charge in [0.25, 0.3) is 0 Å². The topological polar surface area (TPSA) is 80.5 Å². The minimum absolute atomic E-state index is 0.0616. The maximum absolute atomic E-state index is 11.4. The molecule has 1 heterocycles. The van der Waals surface area contributed by atoms with E-state index < -0.39 is 0 Å². The summed E-state index contributed by atoms with van der Waals surface area (Å²) in [5.41, 5.74) is 6.26. The molecule has 0 saturated heterocycles. The van der Waals surface area contributed by atoms with Crippen LogP contribution in [0.1, 0.15) is 13.8 Å². The minimum atomic E-state index is -0.0616. The number of rotatable bonds is 6. The van der Waals surface area contributed by atoms with Crippen molar-refractivity contribution >= 4 is 17.4 Å². The lowest BCUT2D eigenvalue weighted by molar-refractivity contribution is -0.119. The van der Waals surface area contributed by atoms with Gasteiger partial charge in [-0.05, 0) is 26.0 Å². The number of ether oxygens (including phenoxy) is 1. The third kappa shape index (κ3) is 3.51. The second kappa shape index (κ2) is 6.68. The average molecular weight is 252 g/mol. The first-order chi connectivity index (χ1) is 8.62. The van der Waals surface area contributed by atoms with Crippen molar-refractivity contribution in [3.05, 3.63) is 12.1 Å². The van der Waals surface area contributed by atoms with Gasteiger partial charge >= 0.3 is 0 Å². The van der Waals surface area contributed by atoms with E-state index in [0.717, 1.165) is 0 Å². The highest BCUT2D eigenvalue weighted by atomic mass is 16.5. The zero-order valence-corrected chi connectivity index (χ0v) is 11.1. The highest BCUT2D eigenvalue weighted by Crippen LogP contribution is 2.22. The van der Waals surface area contributed by atoms with Gasteiger partial charge in [-0.15, -0.1) is 0 Å². The molecule has 0 atom stereocenters. The van der Waals surface area contributed by atoms with Gasteiger partial charge in [0.15, 0.2) is 0 Å². The molecule has 1 aromatic rings. The molecule has 1 amide bonds. The van der Waals surface area contributed by atoms with Gasteiger partial charge in [0.1, 0.15) is 5.82 Å². The number of nitrogens with one attached hydrogen (secondary N) is 1. The number of aromatic nitrogens is 1. The number of carbonyl (C=O) groups is 1. The third-order valence-corrected chi connectivity index (χ3v) is 2.48. The molecule has 0 aliphatic heterocycles. The van der Waals surface area contributed by atoms with Crippen molar-refractivity contribution in [1.82, 2.24) is 10.3 Å². The summed E-state index contributed by atoms with van der Waals surface area (Å²) in [5, 5.41) is 2.59. The summed E-state index contributed by atoms with van der Waals surface area (Å²) in [4.78, 5) is 17.6. The zero-order valence-electron chi connectivity index (χ0n) is 11.1. The van der Waals surface area contributed by atoms with Crippen molar-refractivity contribution in [2.75, 3.05) is 37.4 Å². The van der Waals surface area contributed by atoms with E-state index in [0.29, 0.717) is 30.5 Å². The lowest BCUT2D eigenvalue weighted by Gasteiger charge is -2.21. The fourth-order valence-electron chi connectivity index (χ4n) is 1.48. The van der Waals surface area contributed by atoms with Crippen LogP contribution in [0.4, 0.5) is 11.5 Å². The first-order valence-electron chi connectivity index (χ1n) is 5.97. The number of hydrogen-bond acceptors (Lipinski definition) is 5. The number of carbonyl (C=O) groups excluding carboxylic acids is 1. The van der Waals surface area contributed by atoms with Crippen molar-refractivity contribution in [3.8, 4) is 5.88 Å². The van der Waals surface area contributed by atoms with E-state index in [2.05, 4.69) is 10.3 Å². The van der Waals surface area contributed by atoms with E-state index in [1.54, 1.807) is 19.2 Å². The molecule has 0 saturated carbocycles. The van der Waals surface area contributed by atoms with Gasteiger partial charge in [-0.2, -0.15) is 4.98 Å². The van der Waals surface area contributed by atoms with E-state index in [1.807, 2.05) is 18.7 Å². The SMILES string of the molecule is CCOc1nc(N(CC)CC(=O)NC)ccc1N. The van der Waals surface area contributed by atoms with E-state index in [4.69, 9.17) is 10.5 Å². The van der Waals surface area contributed by atoms with Crippen LogP contribution >= 0.6 is 0 Å². The Morgan fingerprint density at radius 1 is 1.50 bits per heavy atom. The Kier molecular flexibility index (Phi) is 5.23. The van der Waals surface area contributed by atoms with Gasteiger partial charge < -0.3 is 20.7 Å². The predicted octanol–water partition coefficient (Wildman–Crippen LogP) is 0.635. The van der Waals surface area contributed by atoms with Crippen molar-refractivity contribution in [1.29, 1.82) is 0 Å². The average Bonchev–Trinajstić information content (AvgIpc) is 2.38. The summed E-state index contributed by atoms with van der Waals surface area (Å²) in [5.74, 6) is 1.03. The molecule has 0 spiro atoms. The summed E-state index contributed by atoms with van der Waals surface area (Å²) in [6, 6.07) is 3.52. The number of pyridine rings is 1. The smallest absolute Gasteiger partial charge is 0.239 e. The molecule has 18 heavy (non-hydrogen) atoms. The monoisotopic (exact) mass is 252 g/mol. The summed E-state index contributed by atoms with van der Waals surface area (Å²) >= 11 is 0. The normalized spacial score (nSPS) is 9.94. The first kappa shape index (κ1) is 14.1. The molecule has 0 aliphatic rings. The van der Waals surface area contributed by atoms with Gasteiger partial charge in [-0.3, -0.25) is 4.79 Å². The molecule has 6 heteroatoms. The molecule has 3 N–H and O–H groups in total. The van der Waals surface area contributed by atoms with Crippen LogP contribution in [0.3, 0.4) is 0 Å². The second-order valence-electron chi connectivity index (χ2n) is 3.68. The molecule has 1 rings (SSSR count). The summed E-state index contributed by atoms with van der Waals surface area (Å²) in [6.45, 7) is 5.27. The molecular weight excluding hydrogens is 232 g/mol. The van der Waals surface area contributed by atoms with E-state index in [1.165, 1.54) is 0 Å². The van der Waals surface area contributed by atoms with Crippen molar-refractivity contribution in [3.63, 3.8) is 0 Å². The quantitative estimate of drug-likeness (QED) is 0.776. The molecule has 0 fully saturated rings. The maximum Gasteiger partial charge on any atom is 0.239 e. The van der Waals surface area contributed by atoms with Crippen LogP contribution in [-0.4, -0.2) is 37.6 Å². The standard InChI is InChI=1S/C12H20N4O2/c1-4-16(8-11(17)14-3)10-7-6-9(13)12(15-10)18-5-2/h6-7H,4-5,8,13H2,1-3H3,(H,14,17). The Balaban J connectivity index is 2.91. The van der Waals surface area contributed by atoms with Crippen LogP contribution in [-0.2, 0) is 4.79 Å². The maximum atomic E-state index is 11.4. The minimum Gasteiger partial charge on any atom is -0.476 e. The van der Waals surface area contributed by atoms with Crippen molar-refractivity contribution < 1.29 is 9.53 Å². The Bertz CT molecular complexity index is 409. The van der Waals surface area contributed by atoms with Crippen LogP contribution in [0.5, 0.6) is 5.88 Å². The van der Waals surface area contributed by atoms with Crippen LogP contribution < -0.4 is 20.7 Å². The highest BCUT2D eigenvalue weighted by Gasteiger charge is 2.12. The van der Waals surface area contributed by atoms with Crippen LogP contribution in [0.2, 0.25) is 0 Å². The molecule has 1 aromatic heterocycles. The van der Waals surface area contributed by atoms with Crippen molar-refractivity contribution in [2.45, 2.75) is 13.8 Å². The number of nitrogen functional groups attached to an aromatic ring is 1. The highest BCUT2D eigenvalue weighted by molar-refractivity contribution is 5.80. The van der Waals surface area contributed by atoms with Crippen LogP contribution in [0.15, 0.2) is 12.1 Å². The lowest BCUT2D eigenvalue weighted by atomic mass is 10.3. The van der Waals surface area contributed by atoms with E-state index in [-0.39, 0.29) is 12.5 Å². The van der Waals surface area contributed by atoms with Crippen molar-refractivity contribution in [2.24, 2.45) is 0 Å². The fraction of sp³-hybridized carbons (Fsp3) is 0.500. The van der Waals surface area contributed by atoms with Crippen LogP contribution in [0.25, 0.3) is 0 Å². The van der Waals surface area contributed by atoms with Gasteiger partial charge in [0.05, 0.1) is 18.8 Å².